The van der Waals surface area contributed by atoms with Crippen molar-refractivity contribution in [2.75, 3.05) is 40.4 Å². The monoisotopic (exact) mass is 300 g/mol. The molecule has 4 heteroatoms. The summed E-state index contributed by atoms with van der Waals surface area (Å²) >= 11 is 0. The highest BCUT2D eigenvalue weighted by Gasteiger charge is 2.44. The molecule has 1 aliphatic rings. The topological polar surface area (TPSA) is 35.9 Å². The summed E-state index contributed by atoms with van der Waals surface area (Å²) in [5, 5.41) is 10.1. The average molecular weight is 300 g/mol. The SMILES string of the molecule is COCC(O)CN1CC(C)C(C)(C)N(C)C(C)(C)C(C)C1. The van der Waals surface area contributed by atoms with Gasteiger partial charge in [-0.05, 0) is 46.6 Å². The Bertz CT molecular complexity index is 307. The largest absolute Gasteiger partial charge is 0.389 e. The second-order valence-electron chi connectivity index (χ2n) is 8.00. The molecule has 0 aromatic rings. The first kappa shape index (κ1) is 18.9. The quantitative estimate of drug-likeness (QED) is 0.862. The van der Waals surface area contributed by atoms with Crippen LogP contribution in [0.1, 0.15) is 41.5 Å². The minimum Gasteiger partial charge on any atom is -0.389 e. The van der Waals surface area contributed by atoms with Crippen molar-refractivity contribution in [1.29, 1.82) is 0 Å². The minimum absolute atomic E-state index is 0.128. The Balaban J connectivity index is 2.93. The van der Waals surface area contributed by atoms with E-state index < -0.39 is 6.10 Å². The zero-order valence-corrected chi connectivity index (χ0v) is 15.3. The highest BCUT2D eigenvalue weighted by atomic mass is 16.5. The van der Waals surface area contributed by atoms with E-state index in [1.807, 2.05) is 0 Å². The Morgan fingerprint density at radius 1 is 1.10 bits per heavy atom. The molecule has 0 radical (unpaired) electrons. The van der Waals surface area contributed by atoms with Gasteiger partial charge in [-0.2, -0.15) is 0 Å². The molecule has 3 unspecified atom stereocenters. The van der Waals surface area contributed by atoms with Crippen LogP contribution in [0.2, 0.25) is 0 Å². The van der Waals surface area contributed by atoms with Crippen molar-refractivity contribution in [3.63, 3.8) is 0 Å². The minimum atomic E-state index is -0.405. The van der Waals surface area contributed by atoms with Gasteiger partial charge in [-0.25, -0.2) is 0 Å². The van der Waals surface area contributed by atoms with Crippen LogP contribution in [0.15, 0.2) is 0 Å². The van der Waals surface area contributed by atoms with Gasteiger partial charge in [-0.3, -0.25) is 4.90 Å². The fourth-order valence-corrected chi connectivity index (χ4v) is 3.39. The smallest absolute Gasteiger partial charge is 0.0900 e. The van der Waals surface area contributed by atoms with Crippen molar-refractivity contribution >= 4 is 0 Å². The summed E-state index contributed by atoms with van der Waals surface area (Å²) in [6, 6.07) is 0. The van der Waals surface area contributed by atoms with E-state index in [1.165, 1.54) is 0 Å². The van der Waals surface area contributed by atoms with Gasteiger partial charge in [0, 0.05) is 37.8 Å². The molecule has 0 amide bonds. The normalized spacial score (nSPS) is 32.4. The molecular formula is C17H36N2O2. The fourth-order valence-electron chi connectivity index (χ4n) is 3.39. The molecule has 126 valence electrons. The Kier molecular flexibility index (Phi) is 6.25. The number of ether oxygens (including phenoxy) is 1. The lowest BCUT2D eigenvalue weighted by Gasteiger charge is -2.55. The van der Waals surface area contributed by atoms with Gasteiger partial charge in [0.1, 0.15) is 0 Å². The average Bonchev–Trinajstić information content (AvgIpc) is 2.36. The number of hydrogen-bond acceptors (Lipinski definition) is 4. The van der Waals surface area contributed by atoms with Crippen molar-refractivity contribution < 1.29 is 9.84 Å². The van der Waals surface area contributed by atoms with E-state index in [2.05, 4.69) is 58.4 Å². The lowest BCUT2D eigenvalue weighted by Crippen LogP contribution is -2.64. The van der Waals surface area contributed by atoms with Crippen LogP contribution in [0.25, 0.3) is 0 Å². The Labute approximate surface area is 131 Å². The van der Waals surface area contributed by atoms with Crippen LogP contribution >= 0.6 is 0 Å². The molecule has 0 saturated carbocycles. The number of rotatable bonds is 4. The van der Waals surface area contributed by atoms with E-state index in [9.17, 15) is 5.11 Å². The summed E-state index contributed by atoms with van der Waals surface area (Å²) in [6.45, 7) is 17.1. The van der Waals surface area contributed by atoms with Crippen LogP contribution in [0.3, 0.4) is 0 Å². The molecule has 0 aliphatic carbocycles. The fraction of sp³-hybridized carbons (Fsp3) is 1.00. The van der Waals surface area contributed by atoms with Crippen LogP contribution in [-0.2, 0) is 4.74 Å². The number of nitrogens with zero attached hydrogens (tertiary/aromatic N) is 2. The van der Waals surface area contributed by atoms with Gasteiger partial charge < -0.3 is 14.7 Å². The lowest BCUT2D eigenvalue weighted by atomic mass is 9.77. The number of methoxy groups -OCH3 is 1. The van der Waals surface area contributed by atoms with Crippen molar-refractivity contribution in [3.8, 4) is 0 Å². The van der Waals surface area contributed by atoms with Gasteiger partial charge >= 0.3 is 0 Å². The van der Waals surface area contributed by atoms with Crippen molar-refractivity contribution in [2.24, 2.45) is 11.8 Å². The molecule has 1 fully saturated rings. The van der Waals surface area contributed by atoms with E-state index in [-0.39, 0.29) is 11.1 Å². The molecule has 1 saturated heterocycles. The van der Waals surface area contributed by atoms with Gasteiger partial charge in [0.25, 0.3) is 0 Å². The van der Waals surface area contributed by atoms with Gasteiger partial charge in [-0.15, -0.1) is 0 Å². The maximum Gasteiger partial charge on any atom is 0.0900 e. The van der Waals surface area contributed by atoms with E-state index in [0.717, 1.165) is 13.1 Å². The van der Waals surface area contributed by atoms with Gasteiger partial charge in [0.05, 0.1) is 12.7 Å². The third-order valence-corrected chi connectivity index (χ3v) is 6.03. The highest BCUT2D eigenvalue weighted by Crippen LogP contribution is 2.36. The molecule has 1 aliphatic heterocycles. The highest BCUT2D eigenvalue weighted by molar-refractivity contribution is 4.99. The number of aliphatic hydroxyl groups is 1. The van der Waals surface area contributed by atoms with Gasteiger partial charge in [0.2, 0.25) is 0 Å². The molecule has 21 heavy (non-hydrogen) atoms. The summed E-state index contributed by atoms with van der Waals surface area (Å²) in [6.07, 6.45) is -0.405. The van der Waals surface area contributed by atoms with Crippen molar-refractivity contribution in [3.05, 3.63) is 0 Å². The van der Waals surface area contributed by atoms with Crippen LogP contribution in [0.5, 0.6) is 0 Å². The first-order valence-corrected chi connectivity index (χ1v) is 8.16. The molecule has 1 rings (SSSR count). The molecule has 0 aromatic carbocycles. The molecule has 0 spiro atoms. The zero-order chi connectivity index (χ0) is 16.4. The standard InChI is InChI=1S/C17H36N2O2/c1-13-9-19(11-15(20)12-21-8)10-14(2)17(5,6)18(7)16(13,3)4/h13-15,20H,9-12H2,1-8H3. The predicted octanol–water partition coefficient (Wildman–Crippen LogP) is 2.07. The number of aliphatic hydroxyl groups excluding tert-OH is 1. The summed E-state index contributed by atoms with van der Waals surface area (Å²) in [5.74, 6) is 1.06. The van der Waals surface area contributed by atoms with Crippen LogP contribution < -0.4 is 0 Å². The Morgan fingerprint density at radius 3 is 1.90 bits per heavy atom. The summed E-state index contributed by atoms with van der Waals surface area (Å²) < 4.78 is 5.07. The zero-order valence-electron chi connectivity index (χ0n) is 15.3. The molecule has 4 nitrogen and oxygen atoms in total. The van der Waals surface area contributed by atoms with E-state index in [0.29, 0.717) is 25.0 Å². The summed E-state index contributed by atoms with van der Waals surface area (Å²) in [5.41, 5.74) is 0.255. The Hall–Kier alpha value is -0.160. The first-order chi connectivity index (χ1) is 9.53. The second-order valence-corrected chi connectivity index (χ2v) is 8.00. The van der Waals surface area contributed by atoms with Gasteiger partial charge in [0.15, 0.2) is 0 Å². The maximum atomic E-state index is 10.1. The summed E-state index contributed by atoms with van der Waals surface area (Å²) in [4.78, 5) is 4.95. The lowest BCUT2D eigenvalue weighted by molar-refractivity contribution is -0.0648. The maximum absolute atomic E-state index is 10.1. The predicted molar refractivity (Wildman–Crippen MR) is 88.6 cm³/mol. The van der Waals surface area contributed by atoms with E-state index in [1.54, 1.807) is 7.11 Å². The number of β-amino-alcohol motifs (C(OH)–C–C–N with tert-alkyl or cyclic N) is 1. The summed E-state index contributed by atoms with van der Waals surface area (Å²) in [7, 11) is 3.89. The first-order valence-electron chi connectivity index (χ1n) is 8.16. The molecule has 0 bridgehead atoms. The van der Waals surface area contributed by atoms with E-state index >= 15 is 0 Å². The molecule has 3 atom stereocenters. The third-order valence-electron chi connectivity index (χ3n) is 6.03. The Morgan fingerprint density at radius 2 is 1.52 bits per heavy atom. The van der Waals surface area contributed by atoms with Gasteiger partial charge in [-0.1, -0.05) is 13.8 Å². The second kappa shape index (κ2) is 6.95. The van der Waals surface area contributed by atoms with Crippen molar-refractivity contribution in [1.82, 2.24) is 9.80 Å². The van der Waals surface area contributed by atoms with Crippen LogP contribution in [0.4, 0.5) is 0 Å². The van der Waals surface area contributed by atoms with E-state index in [4.69, 9.17) is 4.74 Å². The van der Waals surface area contributed by atoms with Crippen LogP contribution in [-0.4, -0.2) is 72.5 Å². The molecule has 1 N–H and O–H groups in total. The van der Waals surface area contributed by atoms with Crippen LogP contribution in [0, 0.1) is 11.8 Å². The number of hydrogen-bond donors (Lipinski definition) is 1. The molecule has 0 aromatic heterocycles. The third kappa shape index (κ3) is 4.19. The molecule has 1 heterocycles. The van der Waals surface area contributed by atoms with Crippen molar-refractivity contribution in [2.45, 2.75) is 58.7 Å². The molecular weight excluding hydrogens is 264 g/mol.